The van der Waals surface area contributed by atoms with E-state index >= 15 is 0 Å². The van der Waals surface area contributed by atoms with Crippen LogP contribution in [0.1, 0.15) is 25.7 Å². The molecule has 0 atom stereocenters. The van der Waals surface area contributed by atoms with E-state index in [9.17, 15) is 5.11 Å². The van der Waals surface area contributed by atoms with Gasteiger partial charge in [-0.3, -0.25) is 0 Å². The van der Waals surface area contributed by atoms with Crippen LogP contribution in [0.3, 0.4) is 0 Å². The maximum atomic E-state index is 9.63. The summed E-state index contributed by atoms with van der Waals surface area (Å²) in [6, 6.07) is 6.70. The molecule has 5 nitrogen and oxygen atoms in total. The number of piperidine rings is 2. The highest BCUT2D eigenvalue weighted by Crippen LogP contribution is 2.30. The van der Waals surface area contributed by atoms with Crippen molar-refractivity contribution in [2.75, 3.05) is 43.9 Å². The number of ether oxygens (including phenoxy) is 1. The number of hydrogen-bond acceptors (Lipinski definition) is 5. The standard InChI is InChI=1S/C17H27N3O2/c1-22-17-12-14(2-3-16(17)18)20-8-4-13(5-9-20)19-10-6-15(21)7-11-19/h2-3,12-13,15,21H,4-11,18H2,1H3. The predicted molar refractivity (Wildman–Crippen MR) is 89.5 cm³/mol. The van der Waals surface area contributed by atoms with E-state index in [2.05, 4.69) is 15.9 Å². The summed E-state index contributed by atoms with van der Waals surface area (Å²) in [7, 11) is 1.66. The Bertz CT molecular complexity index is 493. The molecule has 0 aromatic heterocycles. The lowest BCUT2D eigenvalue weighted by Gasteiger charge is -2.41. The summed E-state index contributed by atoms with van der Waals surface area (Å²) >= 11 is 0. The lowest BCUT2D eigenvalue weighted by molar-refractivity contribution is 0.0542. The summed E-state index contributed by atoms with van der Waals surface area (Å²) < 4.78 is 5.32. The van der Waals surface area contributed by atoms with E-state index in [1.54, 1.807) is 7.11 Å². The third kappa shape index (κ3) is 3.31. The van der Waals surface area contributed by atoms with Gasteiger partial charge in [0.05, 0.1) is 18.9 Å². The Balaban J connectivity index is 1.57. The Labute approximate surface area is 132 Å². The summed E-state index contributed by atoms with van der Waals surface area (Å²) in [5, 5.41) is 9.63. The minimum atomic E-state index is -0.0846. The van der Waals surface area contributed by atoms with E-state index in [4.69, 9.17) is 10.5 Å². The smallest absolute Gasteiger partial charge is 0.143 e. The molecule has 1 aromatic rings. The first-order valence-electron chi connectivity index (χ1n) is 8.28. The first-order chi connectivity index (χ1) is 10.7. The third-order valence-corrected chi connectivity index (χ3v) is 5.06. The van der Waals surface area contributed by atoms with Crippen molar-refractivity contribution in [2.45, 2.75) is 37.8 Å². The monoisotopic (exact) mass is 305 g/mol. The molecule has 2 heterocycles. The van der Waals surface area contributed by atoms with Gasteiger partial charge in [-0.15, -0.1) is 0 Å². The van der Waals surface area contributed by atoms with Crippen molar-refractivity contribution in [1.29, 1.82) is 0 Å². The van der Waals surface area contributed by atoms with Crippen LogP contribution in [0.4, 0.5) is 11.4 Å². The summed E-state index contributed by atoms with van der Waals surface area (Å²) in [4.78, 5) is 4.98. The van der Waals surface area contributed by atoms with Crippen LogP contribution in [0.15, 0.2) is 18.2 Å². The molecule has 3 rings (SSSR count). The van der Waals surface area contributed by atoms with E-state index in [-0.39, 0.29) is 6.10 Å². The molecule has 0 radical (unpaired) electrons. The Hall–Kier alpha value is -1.46. The fourth-order valence-corrected chi connectivity index (χ4v) is 3.64. The molecule has 5 heteroatoms. The van der Waals surface area contributed by atoms with Crippen LogP contribution in [0.25, 0.3) is 0 Å². The van der Waals surface area contributed by atoms with Crippen LogP contribution < -0.4 is 15.4 Å². The van der Waals surface area contributed by atoms with Gasteiger partial charge in [0.15, 0.2) is 0 Å². The van der Waals surface area contributed by atoms with E-state index < -0.39 is 0 Å². The number of aliphatic hydroxyl groups excluding tert-OH is 1. The number of anilines is 2. The fourth-order valence-electron chi connectivity index (χ4n) is 3.64. The molecule has 22 heavy (non-hydrogen) atoms. The number of hydrogen-bond donors (Lipinski definition) is 2. The van der Waals surface area contributed by atoms with Crippen molar-refractivity contribution in [3.8, 4) is 5.75 Å². The van der Waals surface area contributed by atoms with Crippen molar-refractivity contribution in [3.05, 3.63) is 18.2 Å². The zero-order valence-corrected chi connectivity index (χ0v) is 13.4. The molecule has 2 saturated heterocycles. The van der Waals surface area contributed by atoms with E-state index in [0.29, 0.717) is 11.7 Å². The summed E-state index contributed by atoms with van der Waals surface area (Å²) in [6.45, 7) is 4.22. The lowest BCUT2D eigenvalue weighted by atomic mass is 9.98. The normalized spacial score (nSPS) is 22.0. The number of nitrogens with two attached hydrogens (primary N) is 1. The topological polar surface area (TPSA) is 62.0 Å². The van der Waals surface area contributed by atoms with Gasteiger partial charge in [0.25, 0.3) is 0 Å². The summed E-state index contributed by atoms with van der Waals surface area (Å²) in [6.07, 6.45) is 4.13. The zero-order chi connectivity index (χ0) is 15.5. The van der Waals surface area contributed by atoms with Gasteiger partial charge in [-0.2, -0.15) is 0 Å². The number of likely N-dealkylation sites (tertiary alicyclic amines) is 1. The second kappa shape index (κ2) is 6.75. The highest BCUT2D eigenvalue weighted by Gasteiger charge is 2.27. The van der Waals surface area contributed by atoms with Gasteiger partial charge < -0.3 is 25.4 Å². The molecule has 2 aliphatic heterocycles. The van der Waals surface area contributed by atoms with Crippen molar-refractivity contribution < 1.29 is 9.84 Å². The first kappa shape index (κ1) is 15.4. The van der Waals surface area contributed by atoms with Crippen LogP contribution in [0.2, 0.25) is 0 Å². The zero-order valence-electron chi connectivity index (χ0n) is 13.4. The van der Waals surface area contributed by atoms with Crippen LogP contribution in [-0.4, -0.2) is 55.4 Å². The molecule has 0 bridgehead atoms. The molecule has 0 spiro atoms. The number of benzene rings is 1. The Morgan fingerprint density at radius 3 is 2.41 bits per heavy atom. The number of methoxy groups -OCH3 is 1. The average molecular weight is 305 g/mol. The van der Waals surface area contributed by atoms with Gasteiger partial charge in [-0.05, 0) is 37.8 Å². The molecule has 0 unspecified atom stereocenters. The number of nitrogens with zero attached hydrogens (tertiary/aromatic N) is 2. The highest BCUT2D eigenvalue weighted by molar-refractivity contribution is 5.62. The minimum Gasteiger partial charge on any atom is -0.495 e. The largest absolute Gasteiger partial charge is 0.495 e. The van der Waals surface area contributed by atoms with Crippen molar-refractivity contribution in [3.63, 3.8) is 0 Å². The minimum absolute atomic E-state index is 0.0846. The predicted octanol–water partition coefficient (Wildman–Crippen LogP) is 1.70. The molecule has 122 valence electrons. The van der Waals surface area contributed by atoms with E-state index in [0.717, 1.165) is 44.8 Å². The van der Waals surface area contributed by atoms with Gasteiger partial charge in [-0.25, -0.2) is 0 Å². The molecule has 0 aliphatic carbocycles. The Morgan fingerprint density at radius 2 is 1.77 bits per heavy atom. The number of rotatable bonds is 3. The molecule has 0 saturated carbocycles. The molecular weight excluding hydrogens is 278 g/mol. The number of aliphatic hydroxyl groups is 1. The van der Waals surface area contributed by atoms with Crippen LogP contribution in [0, 0.1) is 0 Å². The van der Waals surface area contributed by atoms with E-state index in [1.807, 2.05) is 12.1 Å². The summed E-state index contributed by atoms with van der Waals surface area (Å²) in [5.41, 5.74) is 7.77. The number of nitrogen functional groups attached to an aromatic ring is 1. The summed E-state index contributed by atoms with van der Waals surface area (Å²) in [5.74, 6) is 0.754. The molecule has 1 aromatic carbocycles. The molecule has 3 N–H and O–H groups in total. The fraction of sp³-hybridized carbons (Fsp3) is 0.647. The average Bonchev–Trinajstić information content (AvgIpc) is 2.56. The molecule has 0 amide bonds. The van der Waals surface area contributed by atoms with Gasteiger partial charge in [0.2, 0.25) is 0 Å². The second-order valence-corrected chi connectivity index (χ2v) is 6.41. The highest BCUT2D eigenvalue weighted by atomic mass is 16.5. The van der Waals surface area contributed by atoms with Gasteiger partial charge in [0, 0.05) is 44.0 Å². The SMILES string of the molecule is COc1cc(N2CCC(N3CCC(O)CC3)CC2)ccc1N. The first-order valence-corrected chi connectivity index (χ1v) is 8.28. The van der Waals surface area contributed by atoms with Crippen molar-refractivity contribution >= 4 is 11.4 Å². The third-order valence-electron chi connectivity index (χ3n) is 5.06. The van der Waals surface area contributed by atoms with Crippen molar-refractivity contribution in [2.24, 2.45) is 0 Å². The molecular formula is C17H27N3O2. The van der Waals surface area contributed by atoms with Crippen LogP contribution >= 0.6 is 0 Å². The van der Waals surface area contributed by atoms with Crippen molar-refractivity contribution in [1.82, 2.24) is 4.90 Å². The molecule has 2 aliphatic rings. The van der Waals surface area contributed by atoms with Crippen LogP contribution in [-0.2, 0) is 0 Å². The Kier molecular flexibility index (Phi) is 4.74. The quantitative estimate of drug-likeness (QED) is 0.832. The van der Waals surface area contributed by atoms with Gasteiger partial charge >= 0.3 is 0 Å². The molecule has 2 fully saturated rings. The Morgan fingerprint density at radius 1 is 1.09 bits per heavy atom. The maximum Gasteiger partial charge on any atom is 0.143 e. The second-order valence-electron chi connectivity index (χ2n) is 6.41. The lowest BCUT2D eigenvalue weighted by Crippen LogP contribution is -2.48. The van der Waals surface area contributed by atoms with Crippen LogP contribution in [0.5, 0.6) is 5.75 Å². The van der Waals surface area contributed by atoms with Gasteiger partial charge in [-0.1, -0.05) is 0 Å². The van der Waals surface area contributed by atoms with E-state index in [1.165, 1.54) is 18.5 Å². The van der Waals surface area contributed by atoms with Gasteiger partial charge in [0.1, 0.15) is 5.75 Å². The maximum absolute atomic E-state index is 9.63.